The number of benzene rings is 3. The van der Waals surface area contributed by atoms with Crippen LogP contribution in [0.5, 0.6) is 5.75 Å². The lowest BCUT2D eigenvalue weighted by Gasteiger charge is -2.14. The molecular formula is C21H14Br2Cl2N2O3. The molecule has 3 aromatic carbocycles. The molecule has 0 aliphatic rings. The summed E-state index contributed by atoms with van der Waals surface area (Å²) < 4.78 is 6.76. The fraction of sp³-hybridized carbons (Fsp3) is 0.0476. The first-order valence-electron chi connectivity index (χ1n) is 8.49. The van der Waals surface area contributed by atoms with E-state index in [-0.39, 0.29) is 0 Å². The number of carbonyl (C=O) groups excluding carboxylic acids is 2. The Morgan fingerprint density at radius 3 is 1.87 bits per heavy atom. The number of methoxy groups -OCH3 is 1. The van der Waals surface area contributed by atoms with Gasteiger partial charge in [-0.1, -0.05) is 55.1 Å². The SMILES string of the molecule is COc1ccc(NC(=O)c2cc(Br)ccc2Cl)cc1NC(=O)c1cc(Br)ccc1Cl. The highest BCUT2D eigenvalue weighted by molar-refractivity contribution is 9.10. The summed E-state index contributed by atoms with van der Waals surface area (Å²) in [5.74, 6) is -0.384. The van der Waals surface area contributed by atoms with Crippen LogP contribution < -0.4 is 15.4 Å². The largest absolute Gasteiger partial charge is 0.495 e. The summed E-state index contributed by atoms with van der Waals surface area (Å²) in [5, 5.41) is 6.16. The van der Waals surface area contributed by atoms with Gasteiger partial charge in [0.05, 0.1) is 34.0 Å². The Bertz CT molecular complexity index is 1140. The van der Waals surface area contributed by atoms with Crippen molar-refractivity contribution in [3.05, 3.63) is 84.7 Å². The second-order valence-electron chi connectivity index (χ2n) is 6.07. The molecule has 0 fully saturated rings. The van der Waals surface area contributed by atoms with Crippen molar-refractivity contribution in [2.45, 2.75) is 0 Å². The monoisotopic (exact) mass is 570 g/mol. The molecule has 0 unspecified atom stereocenters. The molecule has 0 atom stereocenters. The Morgan fingerprint density at radius 2 is 1.33 bits per heavy atom. The summed E-state index contributed by atoms with van der Waals surface area (Å²) >= 11 is 18.9. The van der Waals surface area contributed by atoms with E-state index in [4.69, 9.17) is 27.9 Å². The smallest absolute Gasteiger partial charge is 0.257 e. The lowest BCUT2D eigenvalue weighted by molar-refractivity contribution is 0.101. The molecule has 0 radical (unpaired) electrons. The number of rotatable bonds is 5. The molecule has 30 heavy (non-hydrogen) atoms. The van der Waals surface area contributed by atoms with Gasteiger partial charge in [-0.15, -0.1) is 0 Å². The van der Waals surface area contributed by atoms with E-state index in [1.54, 1.807) is 54.6 Å². The highest BCUT2D eigenvalue weighted by Gasteiger charge is 2.16. The minimum atomic E-state index is -0.418. The lowest BCUT2D eigenvalue weighted by atomic mass is 10.2. The third kappa shape index (κ3) is 5.35. The second kappa shape index (κ2) is 9.83. The molecular weight excluding hydrogens is 559 g/mol. The van der Waals surface area contributed by atoms with Gasteiger partial charge in [-0.05, 0) is 54.6 Å². The van der Waals surface area contributed by atoms with E-state index in [0.717, 1.165) is 8.95 Å². The quantitative estimate of drug-likeness (QED) is 0.345. The molecule has 0 aliphatic carbocycles. The Hall–Kier alpha value is -2.06. The van der Waals surface area contributed by atoms with Crippen LogP contribution in [0.4, 0.5) is 11.4 Å². The number of amides is 2. The Balaban J connectivity index is 1.86. The summed E-state index contributed by atoms with van der Waals surface area (Å²) in [4.78, 5) is 25.3. The Kier molecular flexibility index (Phi) is 7.41. The van der Waals surface area contributed by atoms with E-state index >= 15 is 0 Å². The highest BCUT2D eigenvalue weighted by Crippen LogP contribution is 2.30. The van der Waals surface area contributed by atoms with Crippen LogP contribution in [0, 0.1) is 0 Å². The minimum Gasteiger partial charge on any atom is -0.495 e. The van der Waals surface area contributed by atoms with Gasteiger partial charge < -0.3 is 15.4 Å². The molecule has 9 heteroatoms. The first-order valence-corrected chi connectivity index (χ1v) is 10.8. The van der Waals surface area contributed by atoms with Crippen LogP contribution >= 0.6 is 55.1 Å². The molecule has 0 saturated heterocycles. The molecule has 0 aliphatic heterocycles. The van der Waals surface area contributed by atoms with Crippen LogP contribution in [0.1, 0.15) is 20.7 Å². The zero-order chi connectivity index (χ0) is 21.8. The van der Waals surface area contributed by atoms with Crippen molar-refractivity contribution in [3.8, 4) is 5.75 Å². The summed E-state index contributed by atoms with van der Waals surface area (Å²) in [5.41, 5.74) is 1.43. The van der Waals surface area contributed by atoms with Crippen molar-refractivity contribution in [1.29, 1.82) is 0 Å². The topological polar surface area (TPSA) is 67.4 Å². The van der Waals surface area contributed by atoms with Crippen LogP contribution in [-0.2, 0) is 0 Å². The standard InChI is InChI=1S/C21H14Br2Cl2N2O3/c1-30-19-7-4-13(26-20(28)14-8-11(22)2-5-16(14)24)10-18(19)27-21(29)15-9-12(23)3-6-17(15)25/h2-10H,1H3,(H,26,28)(H,27,29). The second-order valence-corrected chi connectivity index (χ2v) is 8.72. The molecule has 3 aromatic rings. The van der Waals surface area contributed by atoms with E-state index in [9.17, 15) is 9.59 Å². The molecule has 0 heterocycles. The molecule has 2 N–H and O–H groups in total. The van der Waals surface area contributed by atoms with E-state index < -0.39 is 11.8 Å². The van der Waals surface area contributed by atoms with Crippen LogP contribution in [0.3, 0.4) is 0 Å². The molecule has 154 valence electrons. The van der Waals surface area contributed by atoms with Crippen LogP contribution in [-0.4, -0.2) is 18.9 Å². The normalized spacial score (nSPS) is 10.4. The van der Waals surface area contributed by atoms with Gasteiger partial charge in [0.15, 0.2) is 0 Å². The van der Waals surface area contributed by atoms with Crippen LogP contribution in [0.15, 0.2) is 63.5 Å². The van der Waals surface area contributed by atoms with Gasteiger partial charge in [0.1, 0.15) is 5.75 Å². The average molecular weight is 573 g/mol. The number of hydrogen-bond acceptors (Lipinski definition) is 3. The number of carbonyl (C=O) groups is 2. The van der Waals surface area contributed by atoms with Crippen molar-refractivity contribution in [1.82, 2.24) is 0 Å². The number of anilines is 2. The Labute approximate surface area is 200 Å². The third-order valence-electron chi connectivity index (χ3n) is 4.05. The molecule has 5 nitrogen and oxygen atoms in total. The maximum atomic E-state index is 12.7. The van der Waals surface area contributed by atoms with Crippen LogP contribution in [0.25, 0.3) is 0 Å². The summed E-state index contributed by atoms with van der Waals surface area (Å²) in [6.45, 7) is 0. The van der Waals surface area contributed by atoms with Crippen LogP contribution in [0.2, 0.25) is 10.0 Å². The van der Waals surface area contributed by atoms with E-state index in [1.165, 1.54) is 7.11 Å². The van der Waals surface area contributed by atoms with Gasteiger partial charge in [-0.3, -0.25) is 9.59 Å². The number of ether oxygens (including phenoxy) is 1. The summed E-state index contributed by atoms with van der Waals surface area (Å²) in [7, 11) is 1.48. The number of nitrogens with one attached hydrogen (secondary N) is 2. The van der Waals surface area contributed by atoms with Crippen molar-refractivity contribution in [2.75, 3.05) is 17.7 Å². The molecule has 0 bridgehead atoms. The number of halogens is 4. The van der Waals surface area contributed by atoms with Crippen molar-refractivity contribution < 1.29 is 14.3 Å². The third-order valence-corrected chi connectivity index (χ3v) is 5.70. The molecule has 2 amide bonds. The molecule has 0 aromatic heterocycles. The maximum absolute atomic E-state index is 12.7. The van der Waals surface area contributed by atoms with Gasteiger partial charge in [-0.25, -0.2) is 0 Å². The maximum Gasteiger partial charge on any atom is 0.257 e. The van der Waals surface area contributed by atoms with Gasteiger partial charge in [0.2, 0.25) is 0 Å². The average Bonchev–Trinajstić information content (AvgIpc) is 2.71. The summed E-state index contributed by atoms with van der Waals surface area (Å²) in [6, 6.07) is 14.9. The predicted octanol–water partition coefficient (Wildman–Crippen LogP) is 7.03. The van der Waals surface area contributed by atoms with E-state index in [2.05, 4.69) is 42.5 Å². The fourth-order valence-electron chi connectivity index (χ4n) is 2.61. The Morgan fingerprint density at radius 1 is 0.800 bits per heavy atom. The van der Waals surface area contributed by atoms with E-state index in [1.807, 2.05) is 0 Å². The predicted molar refractivity (Wildman–Crippen MR) is 127 cm³/mol. The zero-order valence-electron chi connectivity index (χ0n) is 15.4. The lowest BCUT2D eigenvalue weighted by Crippen LogP contribution is -2.15. The summed E-state index contributed by atoms with van der Waals surface area (Å²) in [6.07, 6.45) is 0. The first-order chi connectivity index (χ1) is 14.3. The van der Waals surface area contributed by atoms with Crippen molar-refractivity contribution in [3.63, 3.8) is 0 Å². The molecule has 0 saturated carbocycles. The van der Waals surface area contributed by atoms with Gasteiger partial charge >= 0.3 is 0 Å². The highest BCUT2D eigenvalue weighted by atomic mass is 79.9. The molecule has 3 rings (SSSR count). The molecule has 0 spiro atoms. The van der Waals surface area contributed by atoms with Crippen molar-refractivity contribution in [2.24, 2.45) is 0 Å². The number of hydrogen-bond donors (Lipinski definition) is 2. The van der Waals surface area contributed by atoms with Crippen molar-refractivity contribution >= 4 is 78.3 Å². The van der Waals surface area contributed by atoms with E-state index in [0.29, 0.717) is 38.3 Å². The van der Waals surface area contributed by atoms with Gasteiger partial charge in [0, 0.05) is 14.6 Å². The minimum absolute atomic E-state index is 0.295. The zero-order valence-corrected chi connectivity index (χ0v) is 20.1. The van der Waals surface area contributed by atoms with Gasteiger partial charge in [0.25, 0.3) is 11.8 Å². The van der Waals surface area contributed by atoms with Gasteiger partial charge in [-0.2, -0.15) is 0 Å². The fourth-order valence-corrected chi connectivity index (χ4v) is 3.74. The first kappa shape index (κ1) is 22.6.